The first-order chi connectivity index (χ1) is 11.7. The van der Waals surface area contributed by atoms with E-state index in [9.17, 15) is 13.2 Å². The average Bonchev–Trinajstić information content (AvgIpc) is 2.58. The molecule has 0 saturated heterocycles. The van der Waals surface area contributed by atoms with Gasteiger partial charge in [-0.25, -0.2) is 8.42 Å². The van der Waals surface area contributed by atoms with Crippen molar-refractivity contribution in [2.24, 2.45) is 0 Å². The van der Waals surface area contributed by atoms with Gasteiger partial charge < -0.3 is 5.32 Å². The van der Waals surface area contributed by atoms with Crippen LogP contribution < -0.4 is 10.0 Å². The molecule has 2 aromatic rings. The number of carbonyl (C=O) groups excluding carboxylic acids is 1. The maximum absolute atomic E-state index is 12.7. The van der Waals surface area contributed by atoms with Crippen molar-refractivity contribution in [2.75, 3.05) is 4.72 Å². The van der Waals surface area contributed by atoms with Crippen LogP contribution >= 0.6 is 0 Å². The number of nitrogens with one attached hydrogen (secondary N) is 2. The van der Waals surface area contributed by atoms with E-state index in [-0.39, 0.29) is 16.8 Å². The lowest BCUT2D eigenvalue weighted by molar-refractivity contribution is 0.0939. The van der Waals surface area contributed by atoms with E-state index in [2.05, 4.69) is 10.0 Å². The van der Waals surface area contributed by atoms with Crippen molar-refractivity contribution >= 4 is 21.6 Å². The van der Waals surface area contributed by atoms with E-state index in [0.29, 0.717) is 11.3 Å². The van der Waals surface area contributed by atoms with Crippen molar-refractivity contribution in [3.63, 3.8) is 0 Å². The van der Waals surface area contributed by atoms with Gasteiger partial charge in [0, 0.05) is 11.6 Å². The molecule has 0 bridgehead atoms. The van der Waals surface area contributed by atoms with Gasteiger partial charge in [-0.15, -0.1) is 0 Å². The molecule has 1 unspecified atom stereocenters. The van der Waals surface area contributed by atoms with Gasteiger partial charge in [-0.3, -0.25) is 9.52 Å². The standard InChI is InChI=1S/C19H24N2O3S/c1-5-15(4)20-19(22)16-10-7-11-17(12-16)25(23,24)21-18-13(2)8-6-9-14(18)3/h6-12,15,21H,5H2,1-4H3,(H,20,22). The van der Waals surface area contributed by atoms with E-state index in [1.165, 1.54) is 12.1 Å². The molecule has 5 nitrogen and oxygen atoms in total. The predicted octanol–water partition coefficient (Wildman–Crippen LogP) is 3.63. The molecule has 134 valence electrons. The molecular weight excluding hydrogens is 336 g/mol. The number of carbonyl (C=O) groups is 1. The molecule has 2 rings (SSSR count). The minimum atomic E-state index is -3.78. The second-order valence-electron chi connectivity index (χ2n) is 6.18. The van der Waals surface area contributed by atoms with E-state index in [0.717, 1.165) is 17.5 Å². The van der Waals surface area contributed by atoms with Gasteiger partial charge in [0.25, 0.3) is 15.9 Å². The topological polar surface area (TPSA) is 75.3 Å². The largest absolute Gasteiger partial charge is 0.350 e. The number of anilines is 1. The minimum absolute atomic E-state index is 0.0282. The molecule has 25 heavy (non-hydrogen) atoms. The summed E-state index contributed by atoms with van der Waals surface area (Å²) in [5.41, 5.74) is 2.57. The molecule has 0 spiro atoms. The first-order valence-electron chi connectivity index (χ1n) is 8.24. The molecular formula is C19H24N2O3S. The van der Waals surface area contributed by atoms with E-state index < -0.39 is 10.0 Å². The molecule has 0 aliphatic rings. The fourth-order valence-electron chi connectivity index (χ4n) is 2.38. The highest BCUT2D eigenvalue weighted by Crippen LogP contribution is 2.23. The van der Waals surface area contributed by atoms with Crippen LogP contribution in [-0.2, 0) is 10.0 Å². The first-order valence-corrected chi connectivity index (χ1v) is 9.73. The van der Waals surface area contributed by atoms with Crippen LogP contribution in [0, 0.1) is 13.8 Å². The Hall–Kier alpha value is -2.34. The Bertz CT molecular complexity index is 856. The van der Waals surface area contributed by atoms with Gasteiger partial charge in [0.05, 0.1) is 10.6 Å². The van der Waals surface area contributed by atoms with Crippen LogP contribution in [0.1, 0.15) is 41.8 Å². The van der Waals surface area contributed by atoms with Crippen molar-refractivity contribution < 1.29 is 13.2 Å². The van der Waals surface area contributed by atoms with Crippen molar-refractivity contribution in [3.05, 3.63) is 59.2 Å². The number of para-hydroxylation sites is 1. The summed E-state index contributed by atoms with van der Waals surface area (Å²) < 4.78 is 28.1. The van der Waals surface area contributed by atoms with Crippen molar-refractivity contribution in [1.29, 1.82) is 0 Å². The Morgan fingerprint density at radius 1 is 1.08 bits per heavy atom. The molecule has 2 N–H and O–H groups in total. The van der Waals surface area contributed by atoms with Gasteiger partial charge in [0.1, 0.15) is 0 Å². The van der Waals surface area contributed by atoms with Gasteiger partial charge in [-0.05, 0) is 56.5 Å². The van der Waals surface area contributed by atoms with Gasteiger partial charge in [-0.1, -0.05) is 31.2 Å². The maximum atomic E-state index is 12.7. The van der Waals surface area contributed by atoms with Crippen LogP contribution in [0.2, 0.25) is 0 Å². The molecule has 0 fully saturated rings. The Balaban J connectivity index is 2.31. The molecule has 0 heterocycles. The normalized spacial score (nSPS) is 12.5. The summed E-state index contributed by atoms with van der Waals surface area (Å²) in [4.78, 5) is 12.3. The van der Waals surface area contributed by atoms with Gasteiger partial charge in [0.2, 0.25) is 0 Å². The summed E-state index contributed by atoms with van der Waals surface area (Å²) in [5.74, 6) is -0.279. The second-order valence-corrected chi connectivity index (χ2v) is 7.87. The van der Waals surface area contributed by atoms with E-state index in [1.54, 1.807) is 12.1 Å². The van der Waals surface area contributed by atoms with Crippen molar-refractivity contribution in [3.8, 4) is 0 Å². The minimum Gasteiger partial charge on any atom is -0.350 e. The number of sulfonamides is 1. The monoisotopic (exact) mass is 360 g/mol. The molecule has 0 aromatic heterocycles. The van der Waals surface area contributed by atoms with Crippen LogP contribution in [0.4, 0.5) is 5.69 Å². The quantitative estimate of drug-likeness (QED) is 0.826. The number of benzene rings is 2. The van der Waals surface area contributed by atoms with Crippen LogP contribution in [-0.4, -0.2) is 20.4 Å². The zero-order valence-electron chi connectivity index (χ0n) is 15.0. The molecule has 0 aliphatic carbocycles. The van der Waals surface area contributed by atoms with Gasteiger partial charge in [-0.2, -0.15) is 0 Å². The molecule has 2 aromatic carbocycles. The smallest absolute Gasteiger partial charge is 0.261 e. The van der Waals surface area contributed by atoms with Gasteiger partial charge in [0.15, 0.2) is 0 Å². The lowest BCUT2D eigenvalue weighted by Gasteiger charge is -2.14. The van der Waals surface area contributed by atoms with E-state index in [1.807, 2.05) is 45.9 Å². The highest BCUT2D eigenvalue weighted by molar-refractivity contribution is 7.92. The maximum Gasteiger partial charge on any atom is 0.261 e. The summed E-state index contributed by atoms with van der Waals surface area (Å²) in [6.07, 6.45) is 0.803. The summed E-state index contributed by atoms with van der Waals surface area (Å²) >= 11 is 0. The Labute approximate surface area is 149 Å². The lowest BCUT2D eigenvalue weighted by Crippen LogP contribution is -2.32. The number of aryl methyl sites for hydroxylation is 2. The van der Waals surface area contributed by atoms with Crippen LogP contribution in [0.3, 0.4) is 0 Å². The Morgan fingerprint density at radius 2 is 1.68 bits per heavy atom. The highest BCUT2D eigenvalue weighted by Gasteiger charge is 2.18. The van der Waals surface area contributed by atoms with Crippen molar-refractivity contribution in [2.45, 2.75) is 45.1 Å². The summed E-state index contributed by atoms with van der Waals surface area (Å²) in [5, 5.41) is 2.84. The SMILES string of the molecule is CCC(C)NC(=O)c1cccc(S(=O)(=O)Nc2c(C)cccc2C)c1. The van der Waals surface area contributed by atoms with E-state index >= 15 is 0 Å². The molecule has 6 heteroatoms. The number of rotatable bonds is 6. The molecule has 0 aliphatic heterocycles. The van der Waals surface area contributed by atoms with E-state index in [4.69, 9.17) is 0 Å². The third kappa shape index (κ3) is 4.60. The van der Waals surface area contributed by atoms with Crippen LogP contribution in [0.15, 0.2) is 47.4 Å². The summed E-state index contributed by atoms with van der Waals surface area (Å²) in [6.45, 7) is 7.57. The number of hydrogen-bond acceptors (Lipinski definition) is 3. The van der Waals surface area contributed by atoms with Gasteiger partial charge >= 0.3 is 0 Å². The van der Waals surface area contributed by atoms with Crippen molar-refractivity contribution in [1.82, 2.24) is 5.32 Å². The average molecular weight is 360 g/mol. The molecule has 0 saturated carbocycles. The molecule has 0 radical (unpaired) electrons. The summed E-state index contributed by atoms with van der Waals surface area (Å²) in [7, 11) is -3.78. The second kappa shape index (κ2) is 7.70. The number of amides is 1. The van der Waals surface area contributed by atoms with Crippen LogP contribution in [0.25, 0.3) is 0 Å². The Kier molecular flexibility index (Phi) is 5.85. The molecule has 1 amide bonds. The predicted molar refractivity (Wildman–Crippen MR) is 100 cm³/mol. The fraction of sp³-hybridized carbons (Fsp3) is 0.316. The zero-order valence-corrected chi connectivity index (χ0v) is 15.8. The lowest BCUT2D eigenvalue weighted by atomic mass is 10.1. The number of hydrogen-bond donors (Lipinski definition) is 2. The highest BCUT2D eigenvalue weighted by atomic mass is 32.2. The fourth-order valence-corrected chi connectivity index (χ4v) is 3.63. The third-order valence-corrected chi connectivity index (χ3v) is 5.46. The third-order valence-electron chi connectivity index (χ3n) is 4.11. The zero-order chi connectivity index (χ0) is 18.6. The first kappa shape index (κ1) is 19.0. The molecule has 1 atom stereocenters. The van der Waals surface area contributed by atoms with Crippen LogP contribution in [0.5, 0.6) is 0 Å². The Morgan fingerprint density at radius 3 is 2.28 bits per heavy atom. The summed E-state index contributed by atoms with van der Waals surface area (Å²) in [6, 6.07) is 11.7.